The lowest BCUT2D eigenvalue weighted by molar-refractivity contribution is 0.318. The number of aromatic nitrogens is 1. The van der Waals surface area contributed by atoms with Gasteiger partial charge in [0.15, 0.2) is 0 Å². The fraction of sp³-hybridized carbons (Fsp3) is 0.643. The van der Waals surface area contributed by atoms with Crippen molar-refractivity contribution in [3.8, 4) is 5.88 Å². The van der Waals surface area contributed by atoms with Gasteiger partial charge in [-0.15, -0.1) is 11.6 Å². The Bertz CT molecular complexity index is 378. The number of hydrogen-bond acceptors (Lipinski definition) is 3. The van der Waals surface area contributed by atoms with E-state index in [0.29, 0.717) is 11.3 Å². The molecular weight excluding hydrogens is 248 g/mol. The molecule has 0 aliphatic heterocycles. The minimum Gasteiger partial charge on any atom is -0.481 e. The molecule has 3 nitrogen and oxygen atoms in total. The number of nitrogens with zero attached hydrogens (tertiary/aromatic N) is 1. The Morgan fingerprint density at radius 1 is 1.44 bits per heavy atom. The van der Waals surface area contributed by atoms with Gasteiger partial charge in [-0.2, -0.15) is 0 Å². The summed E-state index contributed by atoms with van der Waals surface area (Å²) in [5, 5.41) is 3.51. The van der Waals surface area contributed by atoms with E-state index in [1.54, 1.807) is 13.3 Å². The molecule has 2 rings (SSSR count). The SMILES string of the molecule is COc1ncccc1CNCC1(CCl)CCCC1. The van der Waals surface area contributed by atoms with Crippen LogP contribution in [0.1, 0.15) is 31.2 Å². The zero-order valence-electron chi connectivity index (χ0n) is 10.9. The molecule has 1 fully saturated rings. The fourth-order valence-corrected chi connectivity index (χ4v) is 3.05. The first-order valence-corrected chi connectivity index (χ1v) is 7.08. The predicted molar refractivity (Wildman–Crippen MR) is 74.1 cm³/mol. The fourth-order valence-electron chi connectivity index (χ4n) is 2.69. The molecule has 0 unspecified atom stereocenters. The van der Waals surface area contributed by atoms with Crippen LogP contribution in [0.2, 0.25) is 0 Å². The maximum absolute atomic E-state index is 6.13. The van der Waals surface area contributed by atoms with Crippen LogP contribution in [0, 0.1) is 5.41 Å². The van der Waals surface area contributed by atoms with E-state index in [0.717, 1.165) is 24.5 Å². The molecule has 1 aliphatic carbocycles. The largest absolute Gasteiger partial charge is 0.481 e. The summed E-state index contributed by atoms with van der Waals surface area (Å²) in [7, 11) is 1.66. The smallest absolute Gasteiger partial charge is 0.217 e. The van der Waals surface area contributed by atoms with Gasteiger partial charge in [-0.1, -0.05) is 18.9 Å². The molecule has 1 aliphatic rings. The molecular formula is C14H21ClN2O. The van der Waals surface area contributed by atoms with E-state index in [1.165, 1.54) is 25.7 Å². The van der Waals surface area contributed by atoms with Crippen molar-refractivity contribution in [1.82, 2.24) is 10.3 Å². The highest BCUT2D eigenvalue weighted by Crippen LogP contribution is 2.38. The Morgan fingerprint density at radius 2 is 2.22 bits per heavy atom. The van der Waals surface area contributed by atoms with E-state index in [9.17, 15) is 0 Å². The second kappa shape index (κ2) is 6.39. The van der Waals surface area contributed by atoms with Gasteiger partial charge >= 0.3 is 0 Å². The lowest BCUT2D eigenvalue weighted by Crippen LogP contribution is -2.33. The van der Waals surface area contributed by atoms with E-state index in [-0.39, 0.29) is 0 Å². The van der Waals surface area contributed by atoms with Crippen molar-refractivity contribution in [2.24, 2.45) is 5.41 Å². The highest BCUT2D eigenvalue weighted by molar-refractivity contribution is 6.18. The molecule has 0 saturated heterocycles. The normalized spacial score (nSPS) is 17.9. The van der Waals surface area contributed by atoms with Crippen LogP contribution in [0.25, 0.3) is 0 Å². The maximum Gasteiger partial charge on any atom is 0.217 e. The highest BCUT2D eigenvalue weighted by Gasteiger charge is 2.32. The van der Waals surface area contributed by atoms with Gasteiger partial charge in [0.1, 0.15) is 0 Å². The van der Waals surface area contributed by atoms with Crippen LogP contribution < -0.4 is 10.1 Å². The summed E-state index contributed by atoms with van der Waals surface area (Å²) in [6.07, 6.45) is 6.86. The molecule has 0 atom stereocenters. The molecule has 1 aromatic rings. The summed E-state index contributed by atoms with van der Waals surface area (Å²) in [4.78, 5) is 4.20. The van der Waals surface area contributed by atoms with Gasteiger partial charge in [0.05, 0.1) is 7.11 Å². The molecule has 1 heterocycles. The van der Waals surface area contributed by atoms with Crippen molar-refractivity contribution in [3.05, 3.63) is 23.9 Å². The van der Waals surface area contributed by atoms with E-state index < -0.39 is 0 Å². The van der Waals surface area contributed by atoms with Gasteiger partial charge in [0.2, 0.25) is 5.88 Å². The summed E-state index contributed by atoms with van der Waals surface area (Å²) in [5.74, 6) is 1.46. The van der Waals surface area contributed by atoms with Crippen molar-refractivity contribution in [2.75, 3.05) is 19.5 Å². The van der Waals surface area contributed by atoms with Gasteiger partial charge in [0, 0.05) is 30.7 Å². The van der Waals surface area contributed by atoms with Crippen LogP contribution in [-0.4, -0.2) is 24.5 Å². The Balaban J connectivity index is 1.88. The van der Waals surface area contributed by atoms with Crippen LogP contribution in [0.15, 0.2) is 18.3 Å². The number of nitrogens with one attached hydrogen (secondary N) is 1. The lowest BCUT2D eigenvalue weighted by atomic mass is 9.88. The highest BCUT2D eigenvalue weighted by atomic mass is 35.5. The van der Waals surface area contributed by atoms with Crippen LogP contribution >= 0.6 is 11.6 Å². The Labute approximate surface area is 114 Å². The average Bonchev–Trinajstić information content (AvgIpc) is 2.89. The number of methoxy groups -OCH3 is 1. The number of hydrogen-bond donors (Lipinski definition) is 1. The molecule has 1 N–H and O–H groups in total. The third-order valence-corrected chi connectivity index (χ3v) is 4.37. The summed E-state index contributed by atoms with van der Waals surface area (Å²) in [6, 6.07) is 3.98. The predicted octanol–water partition coefficient (Wildman–Crippen LogP) is 2.98. The van der Waals surface area contributed by atoms with Gasteiger partial charge in [-0.3, -0.25) is 0 Å². The van der Waals surface area contributed by atoms with Crippen LogP contribution in [0.4, 0.5) is 0 Å². The van der Waals surface area contributed by atoms with E-state index in [2.05, 4.69) is 10.3 Å². The summed E-state index contributed by atoms with van der Waals surface area (Å²) < 4.78 is 5.24. The Kier molecular flexibility index (Phi) is 4.84. The van der Waals surface area contributed by atoms with Crippen molar-refractivity contribution < 1.29 is 4.74 Å². The Hall–Kier alpha value is -0.800. The second-order valence-electron chi connectivity index (χ2n) is 5.12. The standard InChI is InChI=1S/C14H21ClN2O/c1-18-13-12(5-4-8-17-13)9-16-11-14(10-15)6-2-3-7-14/h4-5,8,16H,2-3,6-7,9-11H2,1H3. The topological polar surface area (TPSA) is 34.1 Å². The van der Waals surface area contributed by atoms with Gasteiger partial charge < -0.3 is 10.1 Å². The first-order valence-electron chi connectivity index (χ1n) is 6.54. The quantitative estimate of drug-likeness (QED) is 0.806. The molecule has 0 aromatic carbocycles. The zero-order valence-corrected chi connectivity index (χ0v) is 11.7. The summed E-state index contributed by atoms with van der Waals surface area (Å²) >= 11 is 6.13. The summed E-state index contributed by atoms with van der Waals surface area (Å²) in [5.41, 5.74) is 1.40. The number of halogens is 1. The molecule has 0 spiro atoms. The number of rotatable bonds is 6. The number of alkyl halides is 1. The van der Waals surface area contributed by atoms with Gasteiger partial charge in [-0.05, 0) is 24.3 Å². The maximum atomic E-state index is 6.13. The van der Waals surface area contributed by atoms with Crippen LogP contribution in [0.3, 0.4) is 0 Å². The van der Waals surface area contributed by atoms with Gasteiger partial charge in [-0.25, -0.2) is 4.98 Å². The molecule has 1 aromatic heterocycles. The van der Waals surface area contributed by atoms with Crippen molar-refractivity contribution in [2.45, 2.75) is 32.2 Å². The zero-order chi connectivity index (χ0) is 12.8. The monoisotopic (exact) mass is 268 g/mol. The van der Waals surface area contributed by atoms with Crippen molar-refractivity contribution in [3.63, 3.8) is 0 Å². The first-order chi connectivity index (χ1) is 8.79. The van der Waals surface area contributed by atoms with E-state index in [1.807, 2.05) is 12.1 Å². The van der Waals surface area contributed by atoms with Crippen molar-refractivity contribution >= 4 is 11.6 Å². The molecule has 0 bridgehead atoms. The molecule has 100 valence electrons. The van der Waals surface area contributed by atoms with Crippen LogP contribution in [-0.2, 0) is 6.54 Å². The minimum absolute atomic E-state index is 0.303. The van der Waals surface area contributed by atoms with Gasteiger partial charge in [0.25, 0.3) is 0 Å². The molecule has 0 amide bonds. The van der Waals surface area contributed by atoms with E-state index >= 15 is 0 Å². The molecule has 1 saturated carbocycles. The average molecular weight is 269 g/mol. The first kappa shape index (κ1) is 13.6. The third kappa shape index (κ3) is 3.15. The van der Waals surface area contributed by atoms with Crippen LogP contribution in [0.5, 0.6) is 5.88 Å². The molecule has 4 heteroatoms. The lowest BCUT2D eigenvalue weighted by Gasteiger charge is -2.26. The Morgan fingerprint density at radius 3 is 2.89 bits per heavy atom. The molecule has 0 radical (unpaired) electrons. The number of pyridine rings is 1. The van der Waals surface area contributed by atoms with E-state index in [4.69, 9.17) is 16.3 Å². The number of ether oxygens (including phenoxy) is 1. The molecule has 18 heavy (non-hydrogen) atoms. The third-order valence-electron chi connectivity index (χ3n) is 3.81. The minimum atomic E-state index is 0.303. The summed E-state index contributed by atoms with van der Waals surface area (Å²) in [6.45, 7) is 1.77. The second-order valence-corrected chi connectivity index (χ2v) is 5.38. The van der Waals surface area contributed by atoms with Crippen molar-refractivity contribution in [1.29, 1.82) is 0 Å².